The number of rotatable bonds is 5. The maximum absolute atomic E-state index is 11.6. The second-order valence-electron chi connectivity index (χ2n) is 4.38. The molecule has 1 aromatic rings. The van der Waals surface area contributed by atoms with Crippen molar-refractivity contribution in [2.75, 3.05) is 0 Å². The van der Waals surface area contributed by atoms with E-state index in [9.17, 15) is 4.79 Å². The molecular formula is C11H18N4O. The summed E-state index contributed by atoms with van der Waals surface area (Å²) in [6.07, 6.45) is 4.03. The second-order valence-corrected chi connectivity index (χ2v) is 4.38. The lowest BCUT2D eigenvalue weighted by Crippen LogP contribution is -2.42. The molecule has 1 unspecified atom stereocenters. The zero-order valence-corrected chi connectivity index (χ0v) is 9.71. The van der Waals surface area contributed by atoms with Gasteiger partial charge in [0, 0.05) is 24.5 Å². The van der Waals surface area contributed by atoms with Gasteiger partial charge in [-0.25, -0.2) is 4.98 Å². The van der Waals surface area contributed by atoms with Gasteiger partial charge in [0.25, 0.3) is 0 Å². The Morgan fingerprint density at radius 1 is 1.69 bits per heavy atom. The van der Waals surface area contributed by atoms with Crippen LogP contribution in [0.1, 0.15) is 31.3 Å². The van der Waals surface area contributed by atoms with Crippen molar-refractivity contribution in [2.45, 2.75) is 45.3 Å². The molecule has 1 aliphatic carbocycles. The summed E-state index contributed by atoms with van der Waals surface area (Å²) in [6, 6.07) is 0.260. The molecule has 5 heteroatoms. The zero-order valence-electron chi connectivity index (χ0n) is 9.71. The molecule has 2 rings (SSSR count). The maximum Gasteiger partial charge on any atom is 0.237 e. The Kier molecular flexibility index (Phi) is 3.24. The van der Waals surface area contributed by atoms with Crippen LogP contribution in [0.5, 0.6) is 0 Å². The Morgan fingerprint density at radius 2 is 2.44 bits per heavy atom. The van der Waals surface area contributed by atoms with E-state index in [-0.39, 0.29) is 11.9 Å². The lowest BCUT2D eigenvalue weighted by molar-refractivity contribution is -0.122. The minimum atomic E-state index is -0.163. The summed E-state index contributed by atoms with van der Waals surface area (Å²) in [5.74, 6) is 0.977. The van der Waals surface area contributed by atoms with Gasteiger partial charge in [0.2, 0.25) is 5.91 Å². The number of aromatic amines is 1. The standard InChI is InChI=1S/C11H18N4O/c1-7(11(16)15-9-3-4-9)12-5-10-6-13-8(2)14-10/h6-7,9,12H,3-5H2,1-2H3,(H,13,14)(H,15,16). The number of H-pyrrole nitrogens is 1. The highest BCUT2D eigenvalue weighted by molar-refractivity contribution is 5.81. The number of carbonyl (C=O) groups is 1. The van der Waals surface area contributed by atoms with Gasteiger partial charge < -0.3 is 15.6 Å². The lowest BCUT2D eigenvalue weighted by atomic mass is 10.3. The van der Waals surface area contributed by atoms with E-state index in [1.165, 1.54) is 0 Å². The van der Waals surface area contributed by atoms with Crippen molar-refractivity contribution in [3.8, 4) is 0 Å². The van der Waals surface area contributed by atoms with Gasteiger partial charge in [-0.05, 0) is 26.7 Å². The number of imidazole rings is 1. The van der Waals surface area contributed by atoms with Gasteiger partial charge in [0.05, 0.1) is 6.04 Å². The van der Waals surface area contributed by atoms with Crippen LogP contribution in [0, 0.1) is 6.92 Å². The SMILES string of the molecule is Cc1ncc(CNC(C)C(=O)NC2CC2)[nH]1. The summed E-state index contributed by atoms with van der Waals surface area (Å²) >= 11 is 0. The van der Waals surface area contributed by atoms with E-state index in [1.807, 2.05) is 13.8 Å². The van der Waals surface area contributed by atoms with Gasteiger partial charge in [0.1, 0.15) is 5.82 Å². The van der Waals surface area contributed by atoms with E-state index in [2.05, 4.69) is 20.6 Å². The molecule has 1 fully saturated rings. The molecule has 1 saturated carbocycles. The van der Waals surface area contributed by atoms with Gasteiger partial charge in [-0.15, -0.1) is 0 Å². The van der Waals surface area contributed by atoms with Crippen LogP contribution in [0.2, 0.25) is 0 Å². The van der Waals surface area contributed by atoms with Gasteiger partial charge >= 0.3 is 0 Å². The minimum Gasteiger partial charge on any atom is -0.352 e. The molecule has 16 heavy (non-hydrogen) atoms. The number of aromatic nitrogens is 2. The number of amides is 1. The van der Waals surface area contributed by atoms with Crippen molar-refractivity contribution < 1.29 is 4.79 Å². The molecule has 0 radical (unpaired) electrons. The molecule has 1 heterocycles. The summed E-state index contributed by atoms with van der Waals surface area (Å²) in [5, 5.41) is 6.13. The Balaban J connectivity index is 1.73. The third kappa shape index (κ3) is 3.06. The molecular weight excluding hydrogens is 204 g/mol. The normalized spacial score (nSPS) is 17.1. The highest BCUT2D eigenvalue weighted by Gasteiger charge is 2.25. The van der Waals surface area contributed by atoms with E-state index >= 15 is 0 Å². The first-order valence-corrected chi connectivity index (χ1v) is 5.69. The number of carbonyl (C=O) groups excluding carboxylic acids is 1. The average Bonchev–Trinajstić information content (AvgIpc) is 2.96. The summed E-state index contributed by atoms with van der Waals surface area (Å²) in [5.41, 5.74) is 1.00. The van der Waals surface area contributed by atoms with E-state index in [0.717, 1.165) is 24.4 Å². The number of hydrogen-bond donors (Lipinski definition) is 3. The number of nitrogens with zero attached hydrogens (tertiary/aromatic N) is 1. The maximum atomic E-state index is 11.6. The molecule has 0 aromatic carbocycles. The highest BCUT2D eigenvalue weighted by Crippen LogP contribution is 2.18. The summed E-state index contributed by atoms with van der Waals surface area (Å²) in [4.78, 5) is 18.8. The van der Waals surface area contributed by atoms with Crippen molar-refractivity contribution in [3.63, 3.8) is 0 Å². The molecule has 0 spiro atoms. The first kappa shape index (κ1) is 11.1. The highest BCUT2D eigenvalue weighted by atomic mass is 16.2. The molecule has 88 valence electrons. The fraction of sp³-hybridized carbons (Fsp3) is 0.636. The molecule has 0 bridgehead atoms. The molecule has 1 atom stereocenters. The number of aryl methyl sites for hydroxylation is 1. The predicted octanol–water partition coefficient (Wildman–Crippen LogP) is 0.475. The summed E-state index contributed by atoms with van der Waals surface area (Å²) in [7, 11) is 0. The van der Waals surface area contributed by atoms with E-state index in [1.54, 1.807) is 6.20 Å². The third-order valence-electron chi connectivity index (χ3n) is 2.67. The fourth-order valence-electron chi connectivity index (χ4n) is 1.47. The Bertz CT molecular complexity index is 370. The summed E-state index contributed by atoms with van der Waals surface area (Å²) in [6.45, 7) is 4.42. The van der Waals surface area contributed by atoms with Crippen LogP contribution in [-0.4, -0.2) is 28.0 Å². The summed E-state index contributed by atoms with van der Waals surface area (Å²) < 4.78 is 0. The van der Waals surface area contributed by atoms with Gasteiger partial charge in [0.15, 0.2) is 0 Å². The zero-order chi connectivity index (χ0) is 11.5. The van der Waals surface area contributed by atoms with Crippen LogP contribution in [0.25, 0.3) is 0 Å². The molecule has 1 aromatic heterocycles. The first-order chi connectivity index (χ1) is 7.65. The van der Waals surface area contributed by atoms with Gasteiger partial charge in [-0.3, -0.25) is 4.79 Å². The molecule has 1 aliphatic rings. The quantitative estimate of drug-likeness (QED) is 0.678. The van der Waals surface area contributed by atoms with Crippen LogP contribution in [0.15, 0.2) is 6.20 Å². The third-order valence-corrected chi connectivity index (χ3v) is 2.67. The topological polar surface area (TPSA) is 69.8 Å². The number of hydrogen-bond acceptors (Lipinski definition) is 3. The fourth-order valence-corrected chi connectivity index (χ4v) is 1.47. The van der Waals surface area contributed by atoms with Crippen LogP contribution < -0.4 is 10.6 Å². The van der Waals surface area contributed by atoms with Crippen molar-refractivity contribution in [1.29, 1.82) is 0 Å². The van der Waals surface area contributed by atoms with E-state index in [4.69, 9.17) is 0 Å². The van der Waals surface area contributed by atoms with Crippen LogP contribution >= 0.6 is 0 Å². The monoisotopic (exact) mass is 222 g/mol. The molecule has 1 amide bonds. The van der Waals surface area contributed by atoms with Gasteiger partial charge in [-0.1, -0.05) is 0 Å². The molecule has 0 saturated heterocycles. The van der Waals surface area contributed by atoms with Gasteiger partial charge in [-0.2, -0.15) is 0 Å². The molecule has 5 nitrogen and oxygen atoms in total. The average molecular weight is 222 g/mol. The lowest BCUT2D eigenvalue weighted by Gasteiger charge is -2.12. The minimum absolute atomic E-state index is 0.0822. The van der Waals surface area contributed by atoms with Crippen molar-refractivity contribution in [1.82, 2.24) is 20.6 Å². The van der Waals surface area contributed by atoms with E-state index < -0.39 is 0 Å². The first-order valence-electron chi connectivity index (χ1n) is 5.69. The van der Waals surface area contributed by atoms with Crippen molar-refractivity contribution in [2.24, 2.45) is 0 Å². The number of nitrogens with one attached hydrogen (secondary N) is 3. The largest absolute Gasteiger partial charge is 0.352 e. The smallest absolute Gasteiger partial charge is 0.237 e. The van der Waals surface area contributed by atoms with Crippen LogP contribution in [0.4, 0.5) is 0 Å². The Morgan fingerprint density at radius 3 is 3.00 bits per heavy atom. The molecule has 0 aliphatic heterocycles. The van der Waals surface area contributed by atoms with Crippen molar-refractivity contribution in [3.05, 3.63) is 17.7 Å². The van der Waals surface area contributed by atoms with Crippen molar-refractivity contribution >= 4 is 5.91 Å². The molecule has 3 N–H and O–H groups in total. The van der Waals surface area contributed by atoms with Crippen LogP contribution in [0.3, 0.4) is 0 Å². The van der Waals surface area contributed by atoms with Crippen LogP contribution in [-0.2, 0) is 11.3 Å². The predicted molar refractivity (Wildman–Crippen MR) is 60.8 cm³/mol. The second kappa shape index (κ2) is 4.65. The Hall–Kier alpha value is -1.36. The Labute approximate surface area is 95.0 Å². The van der Waals surface area contributed by atoms with E-state index in [0.29, 0.717) is 12.6 Å².